The maximum absolute atomic E-state index is 11.4. The van der Waals surface area contributed by atoms with E-state index in [2.05, 4.69) is 10.6 Å². The zero-order valence-corrected chi connectivity index (χ0v) is 12.3. The van der Waals surface area contributed by atoms with E-state index in [4.69, 9.17) is 5.73 Å². The number of amides is 2. The van der Waals surface area contributed by atoms with Gasteiger partial charge < -0.3 is 16.4 Å². The topological polar surface area (TPSA) is 84.2 Å². The molecule has 5 nitrogen and oxygen atoms in total. The molecule has 4 N–H and O–H groups in total. The highest BCUT2D eigenvalue weighted by atomic mass is 35.5. The number of benzene rings is 1. The van der Waals surface area contributed by atoms with E-state index in [0.717, 1.165) is 5.56 Å². The smallest absolute Gasteiger partial charge is 0.239 e. The molecule has 0 fully saturated rings. The van der Waals surface area contributed by atoms with E-state index in [9.17, 15) is 9.59 Å². The molecule has 0 saturated carbocycles. The summed E-state index contributed by atoms with van der Waals surface area (Å²) < 4.78 is 0. The zero-order chi connectivity index (χ0) is 13.4. The molecule has 0 bridgehead atoms. The SMILES string of the molecule is CSc1ccc(CNC(=O)CNC(=O)CN)cc1.Cl. The number of rotatable bonds is 6. The molecule has 1 aromatic carbocycles. The number of hydrogen-bond donors (Lipinski definition) is 3. The average Bonchev–Trinajstić information content (AvgIpc) is 2.42. The second-order valence-corrected chi connectivity index (χ2v) is 4.49. The Kier molecular flexibility index (Phi) is 9.03. The lowest BCUT2D eigenvalue weighted by molar-refractivity contribution is -0.125. The standard InChI is InChI=1S/C12H17N3O2S.ClH/c1-18-10-4-2-9(3-5-10)7-14-12(17)8-15-11(16)6-13;/h2-5H,6-8,13H2,1H3,(H,14,17)(H,15,16);1H. The molecule has 0 saturated heterocycles. The summed E-state index contributed by atoms with van der Waals surface area (Å²) >= 11 is 1.67. The van der Waals surface area contributed by atoms with E-state index >= 15 is 0 Å². The molecular formula is C12H18ClN3O2S. The predicted octanol–water partition coefficient (Wildman–Crippen LogP) is 0.521. The van der Waals surface area contributed by atoms with E-state index in [-0.39, 0.29) is 37.3 Å². The monoisotopic (exact) mass is 303 g/mol. The van der Waals surface area contributed by atoms with Gasteiger partial charge in [-0.25, -0.2) is 0 Å². The number of thioether (sulfide) groups is 1. The van der Waals surface area contributed by atoms with Crippen molar-refractivity contribution in [1.29, 1.82) is 0 Å². The van der Waals surface area contributed by atoms with E-state index in [1.54, 1.807) is 11.8 Å². The molecule has 0 radical (unpaired) electrons. The van der Waals surface area contributed by atoms with Crippen LogP contribution in [0.2, 0.25) is 0 Å². The van der Waals surface area contributed by atoms with Crippen molar-refractivity contribution < 1.29 is 9.59 Å². The Morgan fingerprint density at radius 1 is 1.16 bits per heavy atom. The van der Waals surface area contributed by atoms with Crippen molar-refractivity contribution in [2.24, 2.45) is 5.73 Å². The van der Waals surface area contributed by atoms with Crippen LogP contribution in [-0.2, 0) is 16.1 Å². The minimum Gasteiger partial charge on any atom is -0.350 e. The Balaban J connectivity index is 0.00000324. The molecule has 0 heterocycles. The molecule has 0 aliphatic carbocycles. The number of nitrogens with one attached hydrogen (secondary N) is 2. The first-order valence-electron chi connectivity index (χ1n) is 5.52. The lowest BCUT2D eigenvalue weighted by Gasteiger charge is -2.06. The van der Waals surface area contributed by atoms with Gasteiger partial charge in [0.05, 0.1) is 13.1 Å². The minimum absolute atomic E-state index is 0. The van der Waals surface area contributed by atoms with Gasteiger partial charge in [-0.05, 0) is 24.0 Å². The molecule has 0 aliphatic rings. The Hall–Kier alpha value is -1.24. The maximum atomic E-state index is 11.4. The van der Waals surface area contributed by atoms with Crippen LogP contribution in [0.1, 0.15) is 5.56 Å². The summed E-state index contributed by atoms with van der Waals surface area (Å²) in [6, 6.07) is 7.93. The van der Waals surface area contributed by atoms with E-state index in [1.807, 2.05) is 30.5 Å². The van der Waals surface area contributed by atoms with Gasteiger partial charge in [0.1, 0.15) is 0 Å². The molecule has 7 heteroatoms. The van der Waals surface area contributed by atoms with Crippen LogP contribution in [0.4, 0.5) is 0 Å². The largest absolute Gasteiger partial charge is 0.350 e. The first-order valence-corrected chi connectivity index (χ1v) is 6.74. The summed E-state index contributed by atoms with van der Waals surface area (Å²) in [5, 5.41) is 5.12. The van der Waals surface area contributed by atoms with E-state index in [1.165, 1.54) is 4.90 Å². The van der Waals surface area contributed by atoms with Crippen LogP contribution in [0.15, 0.2) is 29.2 Å². The zero-order valence-electron chi connectivity index (χ0n) is 10.6. The highest BCUT2D eigenvalue weighted by Crippen LogP contribution is 2.14. The van der Waals surface area contributed by atoms with Crippen molar-refractivity contribution in [3.05, 3.63) is 29.8 Å². The van der Waals surface area contributed by atoms with Crippen molar-refractivity contribution in [3.8, 4) is 0 Å². The van der Waals surface area contributed by atoms with Gasteiger partial charge in [-0.15, -0.1) is 24.2 Å². The van der Waals surface area contributed by atoms with Gasteiger partial charge in [0.15, 0.2) is 0 Å². The average molecular weight is 304 g/mol. The van der Waals surface area contributed by atoms with Crippen molar-refractivity contribution >= 4 is 36.0 Å². The van der Waals surface area contributed by atoms with Gasteiger partial charge in [0.25, 0.3) is 0 Å². The molecule has 0 aliphatic heterocycles. The number of carbonyl (C=O) groups excluding carboxylic acids is 2. The molecule has 19 heavy (non-hydrogen) atoms. The summed E-state index contributed by atoms with van der Waals surface area (Å²) in [4.78, 5) is 23.4. The molecular weight excluding hydrogens is 286 g/mol. The van der Waals surface area contributed by atoms with Crippen LogP contribution >= 0.6 is 24.2 Å². The number of nitrogens with two attached hydrogens (primary N) is 1. The van der Waals surface area contributed by atoms with Crippen molar-refractivity contribution in [2.45, 2.75) is 11.4 Å². The fourth-order valence-electron chi connectivity index (χ4n) is 1.26. The molecule has 2 amide bonds. The van der Waals surface area contributed by atoms with Crippen molar-refractivity contribution in [1.82, 2.24) is 10.6 Å². The van der Waals surface area contributed by atoms with Gasteiger partial charge in [0, 0.05) is 11.4 Å². The number of halogens is 1. The number of hydrogen-bond acceptors (Lipinski definition) is 4. The summed E-state index contributed by atoms with van der Waals surface area (Å²) in [6.45, 7) is 0.300. The molecule has 0 spiro atoms. The summed E-state index contributed by atoms with van der Waals surface area (Å²) in [6.07, 6.45) is 2.01. The van der Waals surface area contributed by atoms with Gasteiger partial charge in [-0.3, -0.25) is 9.59 Å². The first kappa shape index (κ1) is 17.8. The Morgan fingerprint density at radius 3 is 2.32 bits per heavy atom. The second kappa shape index (κ2) is 9.66. The molecule has 0 atom stereocenters. The van der Waals surface area contributed by atoms with Crippen LogP contribution < -0.4 is 16.4 Å². The third-order valence-corrected chi connectivity index (χ3v) is 3.02. The predicted molar refractivity (Wildman–Crippen MR) is 79.4 cm³/mol. The summed E-state index contributed by atoms with van der Waals surface area (Å²) in [7, 11) is 0. The van der Waals surface area contributed by atoms with Gasteiger partial charge in [-0.1, -0.05) is 12.1 Å². The summed E-state index contributed by atoms with van der Waals surface area (Å²) in [5.74, 6) is -0.569. The first-order chi connectivity index (χ1) is 8.65. The Labute approximate surface area is 123 Å². The fourth-order valence-corrected chi connectivity index (χ4v) is 1.67. The van der Waals surface area contributed by atoms with Crippen LogP contribution in [-0.4, -0.2) is 31.2 Å². The Morgan fingerprint density at radius 2 is 1.79 bits per heavy atom. The highest BCUT2D eigenvalue weighted by Gasteiger charge is 2.03. The van der Waals surface area contributed by atoms with E-state index in [0.29, 0.717) is 6.54 Å². The fraction of sp³-hybridized carbons (Fsp3) is 0.333. The minimum atomic E-state index is -0.338. The number of carbonyl (C=O) groups is 2. The Bertz CT molecular complexity index is 412. The van der Waals surface area contributed by atoms with Crippen LogP contribution in [0.3, 0.4) is 0 Å². The third-order valence-electron chi connectivity index (χ3n) is 2.28. The van der Waals surface area contributed by atoms with Crippen LogP contribution in [0.5, 0.6) is 0 Å². The normalized spacial score (nSPS) is 9.37. The van der Waals surface area contributed by atoms with Gasteiger partial charge in [0.2, 0.25) is 11.8 Å². The molecule has 1 aromatic rings. The lowest BCUT2D eigenvalue weighted by Crippen LogP contribution is -2.39. The molecule has 1 rings (SSSR count). The van der Waals surface area contributed by atoms with Crippen LogP contribution in [0.25, 0.3) is 0 Å². The molecule has 0 unspecified atom stereocenters. The molecule has 106 valence electrons. The van der Waals surface area contributed by atoms with Gasteiger partial charge in [-0.2, -0.15) is 0 Å². The summed E-state index contributed by atoms with van der Waals surface area (Å²) in [5.41, 5.74) is 6.12. The maximum Gasteiger partial charge on any atom is 0.239 e. The quantitative estimate of drug-likeness (QED) is 0.669. The van der Waals surface area contributed by atoms with Crippen molar-refractivity contribution in [2.75, 3.05) is 19.3 Å². The van der Waals surface area contributed by atoms with Gasteiger partial charge >= 0.3 is 0 Å². The highest BCUT2D eigenvalue weighted by molar-refractivity contribution is 7.98. The third kappa shape index (κ3) is 7.05. The van der Waals surface area contributed by atoms with Crippen LogP contribution in [0, 0.1) is 0 Å². The van der Waals surface area contributed by atoms with E-state index < -0.39 is 0 Å². The second-order valence-electron chi connectivity index (χ2n) is 3.61. The molecule has 0 aromatic heterocycles. The van der Waals surface area contributed by atoms with Crippen molar-refractivity contribution in [3.63, 3.8) is 0 Å². The lowest BCUT2D eigenvalue weighted by atomic mass is 10.2.